The van der Waals surface area contributed by atoms with Crippen molar-refractivity contribution in [1.29, 1.82) is 0 Å². The SMILES string of the molecule is CC(C)CN(CC(=O)N(CC(=O)N(CC(=O)N(CCCCN)CC(=O)N(CCCCN)CC(N)=O)C(C)c1ccccc1)CC(C)C)C(=O)CNC(C)c1ccccc1. The van der Waals surface area contributed by atoms with Crippen molar-refractivity contribution >= 4 is 35.4 Å². The average Bonchev–Trinajstić information content (AvgIpc) is 3.20. The third-order valence-corrected chi connectivity index (χ3v) is 9.91. The summed E-state index contributed by atoms with van der Waals surface area (Å²) >= 11 is 0. The first-order valence-corrected chi connectivity index (χ1v) is 21.0. The third kappa shape index (κ3) is 18.7. The van der Waals surface area contributed by atoms with Crippen molar-refractivity contribution in [2.45, 2.75) is 79.3 Å². The summed E-state index contributed by atoms with van der Waals surface area (Å²) in [4.78, 5) is 89.1. The van der Waals surface area contributed by atoms with E-state index in [4.69, 9.17) is 17.2 Å². The minimum absolute atomic E-state index is 0.00623. The smallest absolute Gasteiger partial charge is 0.243 e. The quantitative estimate of drug-likeness (QED) is 0.0929. The monoisotopic (exact) mass is 822 g/mol. The highest BCUT2D eigenvalue weighted by Gasteiger charge is 2.31. The Bertz CT molecular complexity index is 1590. The zero-order valence-electron chi connectivity index (χ0n) is 36.3. The number of carbonyl (C=O) groups is 6. The zero-order chi connectivity index (χ0) is 43.9. The molecule has 2 unspecified atom stereocenters. The summed E-state index contributed by atoms with van der Waals surface area (Å²) in [6, 6.07) is 18.4. The van der Waals surface area contributed by atoms with Crippen LogP contribution in [0.15, 0.2) is 60.7 Å². The second-order valence-electron chi connectivity index (χ2n) is 16.0. The van der Waals surface area contributed by atoms with E-state index in [1.807, 2.05) is 102 Å². The van der Waals surface area contributed by atoms with Crippen LogP contribution in [-0.2, 0) is 28.8 Å². The molecule has 2 aromatic carbocycles. The molecule has 59 heavy (non-hydrogen) atoms. The number of unbranched alkanes of at least 4 members (excludes halogenated alkanes) is 2. The summed E-state index contributed by atoms with van der Waals surface area (Å²) in [5.74, 6) is -2.59. The molecule has 0 aliphatic rings. The number of hydrogen-bond donors (Lipinski definition) is 4. The van der Waals surface area contributed by atoms with E-state index >= 15 is 0 Å². The van der Waals surface area contributed by atoms with Crippen molar-refractivity contribution in [1.82, 2.24) is 29.8 Å². The molecule has 0 spiro atoms. The first kappa shape index (κ1) is 50.3. The van der Waals surface area contributed by atoms with Gasteiger partial charge in [0.1, 0.15) is 6.54 Å². The number of benzene rings is 2. The van der Waals surface area contributed by atoms with Gasteiger partial charge in [0.05, 0.1) is 38.8 Å². The van der Waals surface area contributed by atoms with Gasteiger partial charge in [-0.3, -0.25) is 28.8 Å². The van der Waals surface area contributed by atoms with E-state index in [1.165, 1.54) is 24.5 Å². The normalized spacial score (nSPS) is 12.2. The van der Waals surface area contributed by atoms with E-state index < -0.39 is 29.7 Å². The Kier molecular flexibility index (Phi) is 23.0. The van der Waals surface area contributed by atoms with Gasteiger partial charge in [-0.15, -0.1) is 0 Å². The zero-order valence-corrected chi connectivity index (χ0v) is 36.3. The van der Waals surface area contributed by atoms with Crippen molar-refractivity contribution < 1.29 is 28.8 Å². The van der Waals surface area contributed by atoms with Crippen LogP contribution >= 0.6 is 0 Å². The lowest BCUT2D eigenvalue weighted by atomic mass is 10.1. The molecule has 0 bridgehead atoms. The van der Waals surface area contributed by atoms with Crippen molar-refractivity contribution in [3.05, 3.63) is 71.8 Å². The van der Waals surface area contributed by atoms with Crippen LogP contribution in [0.2, 0.25) is 0 Å². The molecule has 6 amide bonds. The highest BCUT2D eigenvalue weighted by Crippen LogP contribution is 2.21. The fraction of sp³-hybridized carbons (Fsp3) is 0.591. The number of nitrogens with two attached hydrogens (primary N) is 3. The highest BCUT2D eigenvalue weighted by molar-refractivity contribution is 5.92. The van der Waals surface area contributed by atoms with Gasteiger partial charge in [0.25, 0.3) is 0 Å². The third-order valence-electron chi connectivity index (χ3n) is 9.91. The first-order chi connectivity index (χ1) is 28.1. The van der Waals surface area contributed by atoms with Crippen molar-refractivity contribution in [3.8, 4) is 0 Å². The van der Waals surface area contributed by atoms with Gasteiger partial charge in [0.15, 0.2) is 0 Å². The van der Waals surface area contributed by atoms with Crippen molar-refractivity contribution in [2.75, 3.05) is 78.5 Å². The molecule has 2 atom stereocenters. The molecule has 328 valence electrons. The molecule has 0 radical (unpaired) electrons. The fourth-order valence-corrected chi connectivity index (χ4v) is 6.65. The van der Waals surface area contributed by atoms with Crippen molar-refractivity contribution in [3.63, 3.8) is 0 Å². The highest BCUT2D eigenvalue weighted by atomic mass is 16.2. The number of primary amides is 1. The Morgan fingerprint density at radius 1 is 0.525 bits per heavy atom. The summed E-state index contributed by atoms with van der Waals surface area (Å²) < 4.78 is 0. The van der Waals surface area contributed by atoms with Gasteiger partial charge in [-0.05, 0) is 75.6 Å². The van der Waals surface area contributed by atoms with E-state index in [2.05, 4.69) is 5.32 Å². The van der Waals surface area contributed by atoms with Gasteiger partial charge in [0.2, 0.25) is 35.4 Å². The van der Waals surface area contributed by atoms with Gasteiger partial charge < -0.3 is 47.0 Å². The lowest BCUT2D eigenvalue weighted by Gasteiger charge is -2.35. The van der Waals surface area contributed by atoms with Gasteiger partial charge in [0, 0.05) is 32.2 Å². The van der Waals surface area contributed by atoms with Crippen molar-refractivity contribution in [2.24, 2.45) is 29.0 Å². The number of nitrogens with zero attached hydrogens (tertiary/aromatic N) is 5. The summed E-state index contributed by atoms with van der Waals surface area (Å²) in [6.45, 7) is 12.0. The maximum Gasteiger partial charge on any atom is 0.243 e. The van der Waals surface area contributed by atoms with E-state index in [0.29, 0.717) is 45.3 Å². The molecular formula is C44H71N9O6. The predicted molar refractivity (Wildman–Crippen MR) is 231 cm³/mol. The first-order valence-electron chi connectivity index (χ1n) is 21.0. The van der Waals surface area contributed by atoms with E-state index in [-0.39, 0.29) is 88.6 Å². The van der Waals surface area contributed by atoms with E-state index in [1.54, 1.807) is 0 Å². The Hall–Kier alpha value is -4.86. The fourth-order valence-electron chi connectivity index (χ4n) is 6.65. The topological polar surface area (TPSA) is 209 Å². The Labute approximate surface area is 352 Å². The second-order valence-corrected chi connectivity index (χ2v) is 16.0. The van der Waals surface area contributed by atoms with Gasteiger partial charge in [-0.1, -0.05) is 88.4 Å². The second kappa shape index (κ2) is 27.0. The Balaban J connectivity index is 2.39. The molecule has 0 saturated heterocycles. The number of rotatable bonds is 28. The maximum atomic E-state index is 14.5. The number of amides is 6. The summed E-state index contributed by atoms with van der Waals surface area (Å²) in [6.07, 6.45) is 2.33. The molecule has 15 nitrogen and oxygen atoms in total. The molecule has 0 saturated carbocycles. The lowest BCUT2D eigenvalue weighted by Crippen LogP contribution is -2.52. The number of hydrogen-bond acceptors (Lipinski definition) is 9. The van der Waals surface area contributed by atoms with Gasteiger partial charge >= 0.3 is 0 Å². The summed E-state index contributed by atoms with van der Waals surface area (Å²) in [7, 11) is 0. The Morgan fingerprint density at radius 2 is 0.949 bits per heavy atom. The molecule has 7 N–H and O–H groups in total. The minimum atomic E-state index is -0.674. The molecule has 0 aromatic heterocycles. The van der Waals surface area contributed by atoms with Crippen LogP contribution in [0.3, 0.4) is 0 Å². The lowest BCUT2D eigenvalue weighted by molar-refractivity contribution is -0.149. The van der Waals surface area contributed by atoms with Crippen LogP contribution in [0.4, 0.5) is 0 Å². The molecular weight excluding hydrogens is 751 g/mol. The molecule has 0 aliphatic carbocycles. The average molecular weight is 822 g/mol. The molecule has 0 aliphatic heterocycles. The summed E-state index contributed by atoms with van der Waals surface area (Å²) in [5, 5.41) is 3.27. The van der Waals surface area contributed by atoms with Crippen LogP contribution in [0.1, 0.15) is 90.4 Å². The van der Waals surface area contributed by atoms with Gasteiger partial charge in [-0.2, -0.15) is 0 Å². The van der Waals surface area contributed by atoms with E-state index in [0.717, 1.165) is 11.1 Å². The molecule has 0 fully saturated rings. The molecule has 2 rings (SSSR count). The minimum Gasteiger partial charge on any atom is -0.368 e. The maximum absolute atomic E-state index is 14.5. The van der Waals surface area contributed by atoms with Gasteiger partial charge in [-0.25, -0.2) is 0 Å². The summed E-state index contributed by atoms with van der Waals surface area (Å²) in [5.41, 5.74) is 18.7. The van der Waals surface area contributed by atoms with Crippen LogP contribution in [0.25, 0.3) is 0 Å². The number of nitrogens with one attached hydrogen (secondary N) is 1. The Morgan fingerprint density at radius 3 is 1.44 bits per heavy atom. The number of carbonyl (C=O) groups excluding carboxylic acids is 6. The molecule has 0 heterocycles. The molecule has 15 heteroatoms. The standard InChI is InChI=1S/C44H71N9O6/c1-33(2)26-51(40(55)25-48-35(5)37-17-9-7-10-18-37)30-42(57)52(27-34(3)4)31-44(59)53(36(6)38-19-11-8-12-20-38)32-43(58)50(24-16-14-22-46)29-41(56)49(28-39(47)54)23-15-13-21-45/h7-12,17-20,33-36,48H,13-16,21-32,45-46H2,1-6H3,(H2,47,54). The van der Waals surface area contributed by atoms with Crippen LogP contribution < -0.4 is 22.5 Å². The van der Waals surface area contributed by atoms with Crippen LogP contribution in [-0.4, -0.2) is 138 Å². The largest absolute Gasteiger partial charge is 0.368 e. The van der Waals surface area contributed by atoms with Crippen LogP contribution in [0.5, 0.6) is 0 Å². The predicted octanol–water partition coefficient (Wildman–Crippen LogP) is 2.52. The van der Waals surface area contributed by atoms with E-state index in [9.17, 15) is 28.8 Å². The molecule has 2 aromatic rings. The van der Waals surface area contributed by atoms with Crippen LogP contribution in [0, 0.1) is 11.8 Å².